The first-order chi connectivity index (χ1) is 11.2. The molecule has 0 bridgehead atoms. The molecule has 0 fully saturated rings. The average Bonchev–Trinajstić information content (AvgIpc) is 2.57. The first-order valence-electron chi connectivity index (χ1n) is 7.61. The van der Waals surface area contributed by atoms with Crippen LogP contribution in [0, 0.1) is 0 Å². The predicted molar refractivity (Wildman–Crippen MR) is 96.9 cm³/mol. The van der Waals surface area contributed by atoms with Gasteiger partial charge in [-0.3, -0.25) is 0 Å². The van der Waals surface area contributed by atoms with Gasteiger partial charge in [-0.2, -0.15) is 0 Å². The molecular formula is C20H18N3+. The summed E-state index contributed by atoms with van der Waals surface area (Å²) in [5.41, 5.74) is 16.8. The van der Waals surface area contributed by atoms with Crippen LogP contribution in [0.1, 0.15) is 0 Å². The number of nitrogens with zero attached hydrogens (tertiary/aromatic N) is 1. The summed E-state index contributed by atoms with van der Waals surface area (Å²) in [5.74, 6) is 0. The number of aryl methyl sites for hydroxylation is 1. The maximum atomic E-state index is 6.26. The Hall–Kier alpha value is -3.07. The quantitative estimate of drug-likeness (QED) is 0.320. The summed E-state index contributed by atoms with van der Waals surface area (Å²) in [6.07, 6.45) is 2.16. The van der Waals surface area contributed by atoms with Gasteiger partial charge in [-0.25, -0.2) is 4.57 Å². The Morgan fingerprint density at radius 2 is 1.52 bits per heavy atom. The second-order valence-electron chi connectivity index (χ2n) is 5.84. The molecule has 3 aromatic carbocycles. The molecule has 0 aliphatic rings. The van der Waals surface area contributed by atoms with Crippen molar-refractivity contribution in [1.82, 2.24) is 0 Å². The molecule has 1 heterocycles. The minimum Gasteiger partial charge on any atom is -0.397 e. The van der Waals surface area contributed by atoms with Crippen molar-refractivity contribution in [3.05, 3.63) is 66.9 Å². The van der Waals surface area contributed by atoms with Gasteiger partial charge in [-0.1, -0.05) is 42.5 Å². The van der Waals surface area contributed by atoms with Crippen LogP contribution in [0.15, 0.2) is 66.9 Å². The van der Waals surface area contributed by atoms with Gasteiger partial charge in [0.25, 0.3) is 0 Å². The third kappa shape index (κ3) is 2.01. The number of anilines is 2. The summed E-state index contributed by atoms with van der Waals surface area (Å²) in [7, 11) is 2.07. The average molecular weight is 300 g/mol. The van der Waals surface area contributed by atoms with E-state index < -0.39 is 0 Å². The Morgan fingerprint density at radius 1 is 0.783 bits per heavy atom. The van der Waals surface area contributed by atoms with Crippen LogP contribution in [-0.4, -0.2) is 0 Å². The van der Waals surface area contributed by atoms with Crippen LogP contribution >= 0.6 is 0 Å². The zero-order valence-electron chi connectivity index (χ0n) is 13.0. The highest BCUT2D eigenvalue weighted by molar-refractivity contribution is 6.12. The molecule has 23 heavy (non-hydrogen) atoms. The van der Waals surface area contributed by atoms with Crippen LogP contribution in [0.2, 0.25) is 0 Å². The van der Waals surface area contributed by atoms with Gasteiger partial charge in [-0.05, 0) is 17.7 Å². The van der Waals surface area contributed by atoms with E-state index in [0.717, 1.165) is 11.1 Å². The van der Waals surface area contributed by atoms with E-state index in [1.807, 2.05) is 18.2 Å². The van der Waals surface area contributed by atoms with E-state index >= 15 is 0 Å². The van der Waals surface area contributed by atoms with Gasteiger partial charge in [0.05, 0.1) is 16.8 Å². The van der Waals surface area contributed by atoms with E-state index in [1.165, 1.54) is 21.7 Å². The van der Waals surface area contributed by atoms with E-state index in [2.05, 4.69) is 60.3 Å². The van der Waals surface area contributed by atoms with Crippen LogP contribution in [-0.2, 0) is 7.05 Å². The summed E-state index contributed by atoms with van der Waals surface area (Å²) in [6, 6.07) is 20.5. The Balaban J connectivity index is 2.22. The van der Waals surface area contributed by atoms with Gasteiger partial charge in [-0.15, -0.1) is 0 Å². The largest absolute Gasteiger partial charge is 0.397 e. The van der Waals surface area contributed by atoms with Crippen LogP contribution in [0.4, 0.5) is 11.4 Å². The Bertz CT molecular complexity index is 1050. The smallest absolute Gasteiger partial charge is 0.213 e. The molecule has 4 N–H and O–H groups in total. The summed E-state index contributed by atoms with van der Waals surface area (Å²) in [5, 5.41) is 3.63. The number of nitrogen functional groups attached to an aromatic ring is 2. The van der Waals surface area contributed by atoms with Crippen LogP contribution in [0.25, 0.3) is 32.8 Å². The molecule has 0 amide bonds. The minimum absolute atomic E-state index is 0.615. The highest BCUT2D eigenvalue weighted by atomic mass is 14.9. The van der Waals surface area contributed by atoms with Gasteiger partial charge in [0.1, 0.15) is 7.05 Å². The predicted octanol–water partition coefficient (Wildman–Crippen LogP) is 3.65. The zero-order chi connectivity index (χ0) is 16.0. The highest BCUT2D eigenvalue weighted by Crippen LogP contribution is 2.37. The molecule has 0 aliphatic heterocycles. The third-order valence-electron chi connectivity index (χ3n) is 4.42. The minimum atomic E-state index is 0.615. The lowest BCUT2D eigenvalue weighted by molar-refractivity contribution is -0.643. The van der Waals surface area contributed by atoms with Crippen molar-refractivity contribution in [3.63, 3.8) is 0 Å². The molecule has 4 rings (SSSR count). The van der Waals surface area contributed by atoms with Gasteiger partial charge in [0, 0.05) is 22.4 Å². The number of aromatic nitrogens is 1. The molecule has 0 atom stereocenters. The number of pyridine rings is 1. The highest BCUT2D eigenvalue weighted by Gasteiger charge is 2.16. The lowest BCUT2D eigenvalue weighted by atomic mass is 9.95. The van der Waals surface area contributed by atoms with Gasteiger partial charge in [0.15, 0.2) is 6.20 Å². The fraction of sp³-hybridized carbons (Fsp3) is 0.0500. The number of fused-ring (bicyclic) bond motifs is 3. The molecule has 1 aromatic heterocycles. The number of hydrogen-bond acceptors (Lipinski definition) is 2. The molecule has 0 saturated carbocycles. The van der Waals surface area contributed by atoms with Crippen molar-refractivity contribution in [2.75, 3.05) is 11.5 Å². The molecular weight excluding hydrogens is 282 g/mol. The lowest BCUT2D eigenvalue weighted by Gasteiger charge is -2.12. The molecule has 0 saturated heterocycles. The molecule has 0 radical (unpaired) electrons. The van der Waals surface area contributed by atoms with Crippen molar-refractivity contribution < 1.29 is 4.57 Å². The van der Waals surface area contributed by atoms with Crippen LogP contribution < -0.4 is 16.0 Å². The Labute approximate surface area is 134 Å². The van der Waals surface area contributed by atoms with Crippen molar-refractivity contribution in [3.8, 4) is 11.1 Å². The molecule has 0 unspecified atom stereocenters. The first-order valence-corrected chi connectivity index (χ1v) is 7.61. The van der Waals surface area contributed by atoms with Gasteiger partial charge in [0.2, 0.25) is 5.52 Å². The number of hydrogen-bond donors (Lipinski definition) is 2. The Morgan fingerprint density at radius 3 is 2.39 bits per heavy atom. The molecule has 3 heteroatoms. The molecule has 0 spiro atoms. The molecule has 3 nitrogen and oxygen atoms in total. The Kier molecular flexibility index (Phi) is 2.95. The van der Waals surface area contributed by atoms with Gasteiger partial charge < -0.3 is 11.5 Å². The number of rotatable bonds is 1. The van der Waals surface area contributed by atoms with E-state index in [4.69, 9.17) is 11.5 Å². The van der Waals surface area contributed by atoms with Crippen molar-refractivity contribution in [1.29, 1.82) is 0 Å². The fourth-order valence-corrected chi connectivity index (χ4v) is 3.27. The number of benzene rings is 3. The third-order valence-corrected chi connectivity index (χ3v) is 4.42. The molecule has 112 valence electrons. The number of para-hydroxylation sites is 1. The summed E-state index contributed by atoms with van der Waals surface area (Å²) < 4.78 is 2.16. The first kappa shape index (κ1) is 13.6. The summed E-state index contributed by atoms with van der Waals surface area (Å²) in [6.45, 7) is 0. The standard InChI is InChI=1S/C20H17N3/c1-23-12-13-6-2-3-7-14(13)19-15(8-5-11-18(19)23)16-9-4-10-17(21)20(16)22/h2-12,22H,21H2,1H3/p+1. The van der Waals surface area contributed by atoms with Gasteiger partial charge >= 0.3 is 0 Å². The second-order valence-corrected chi connectivity index (χ2v) is 5.84. The van der Waals surface area contributed by atoms with E-state index in [9.17, 15) is 0 Å². The summed E-state index contributed by atoms with van der Waals surface area (Å²) >= 11 is 0. The van der Waals surface area contributed by atoms with Crippen molar-refractivity contribution >= 4 is 33.1 Å². The van der Waals surface area contributed by atoms with Crippen molar-refractivity contribution in [2.24, 2.45) is 7.05 Å². The second kappa shape index (κ2) is 4.99. The van der Waals surface area contributed by atoms with E-state index in [1.54, 1.807) is 0 Å². The normalized spacial score (nSPS) is 11.2. The van der Waals surface area contributed by atoms with Crippen LogP contribution in [0.5, 0.6) is 0 Å². The molecule has 4 aromatic rings. The maximum Gasteiger partial charge on any atom is 0.213 e. The topological polar surface area (TPSA) is 55.9 Å². The maximum absolute atomic E-state index is 6.26. The molecule has 0 aliphatic carbocycles. The van der Waals surface area contributed by atoms with Crippen LogP contribution in [0.3, 0.4) is 0 Å². The SMILES string of the molecule is C[n+]1cc2ccccc2c2c(-c3cccc(N)c3N)cccc21. The van der Waals surface area contributed by atoms with E-state index in [0.29, 0.717) is 11.4 Å². The van der Waals surface area contributed by atoms with E-state index in [-0.39, 0.29) is 0 Å². The lowest BCUT2D eigenvalue weighted by Crippen LogP contribution is -2.28. The zero-order valence-corrected chi connectivity index (χ0v) is 13.0. The monoisotopic (exact) mass is 300 g/mol. The number of nitrogens with two attached hydrogens (primary N) is 2. The fourth-order valence-electron chi connectivity index (χ4n) is 3.27. The van der Waals surface area contributed by atoms with Crippen molar-refractivity contribution in [2.45, 2.75) is 0 Å². The summed E-state index contributed by atoms with van der Waals surface area (Å²) in [4.78, 5) is 0.